The van der Waals surface area contributed by atoms with Gasteiger partial charge in [-0.1, -0.05) is 80.4 Å². The molecule has 134 valence electrons. The fourth-order valence-electron chi connectivity index (χ4n) is 3.36. The highest BCUT2D eigenvalue weighted by atomic mass is 79.9. The molecule has 0 spiro atoms. The molecule has 0 atom stereocenters. The number of hydrogen-bond donors (Lipinski definition) is 0. The summed E-state index contributed by atoms with van der Waals surface area (Å²) in [6.07, 6.45) is 0. The molecule has 1 heterocycles. The zero-order chi connectivity index (χ0) is 19.1. The van der Waals surface area contributed by atoms with Gasteiger partial charge in [-0.15, -0.1) is 0 Å². The van der Waals surface area contributed by atoms with Crippen molar-refractivity contribution >= 4 is 53.7 Å². The van der Waals surface area contributed by atoms with Crippen LogP contribution in [0.4, 0.5) is 0 Å². The Balaban J connectivity index is 1.82. The quantitative estimate of drug-likeness (QED) is 0.238. The molecule has 0 amide bonds. The summed E-state index contributed by atoms with van der Waals surface area (Å²) in [7, 11) is 0. The summed E-state index contributed by atoms with van der Waals surface area (Å²) in [5.74, 6) is 0. The molecule has 1 aromatic heterocycles. The van der Waals surface area contributed by atoms with Crippen LogP contribution in [0.25, 0.3) is 44.3 Å². The van der Waals surface area contributed by atoms with Gasteiger partial charge in [0.25, 0.3) is 0 Å². The van der Waals surface area contributed by atoms with Crippen molar-refractivity contribution in [3.05, 3.63) is 93.9 Å². The van der Waals surface area contributed by atoms with Crippen LogP contribution in [-0.4, -0.2) is 9.97 Å². The maximum atomic E-state index is 5.03. The molecule has 2 nitrogen and oxygen atoms in total. The second-order valence-corrected chi connectivity index (χ2v) is 8.45. The van der Waals surface area contributed by atoms with Gasteiger partial charge in [0.2, 0.25) is 0 Å². The van der Waals surface area contributed by atoms with E-state index in [2.05, 4.69) is 80.4 Å². The lowest BCUT2D eigenvalue weighted by Gasteiger charge is -2.12. The molecule has 0 saturated carbocycles. The van der Waals surface area contributed by atoms with Crippen molar-refractivity contribution in [2.75, 3.05) is 0 Å². The molecular formula is C24H14Br2N2. The van der Waals surface area contributed by atoms with Gasteiger partial charge in [-0.05, 0) is 47.2 Å². The third-order valence-corrected chi connectivity index (χ3v) is 5.82. The monoisotopic (exact) mass is 488 g/mol. The molecule has 0 saturated heterocycles. The number of halogens is 2. The second-order valence-electron chi connectivity index (χ2n) is 6.62. The fourth-order valence-corrected chi connectivity index (χ4v) is 3.89. The van der Waals surface area contributed by atoms with Crippen LogP contribution < -0.4 is 0 Å². The van der Waals surface area contributed by atoms with E-state index < -0.39 is 0 Å². The van der Waals surface area contributed by atoms with Crippen molar-refractivity contribution in [1.82, 2.24) is 9.97 Å². The van der Waals surface area contributed by atoms with Gasteiger partial charge in [-0.3, -0.25) is 0 Å². The molecule has 0 unspecified atom stereocenters. The molecule has 0 aliphatic carbocycles. The third kappa shape index (κ3) is 3.23. The van der Waals surface area contributed by atoms with Crippen LogP contribution in [-0.2, 0) is 0 Å². The normalized spacial score (nSPS) is 11.2. The van der Waals surface area contributed by atoms with Gasteiger partial charge in [0.15, 0.2) is 0 Å². The number of benzene rings is 4. The van der Waals surface area contributed by atoms with Crippen LogP contribution in [0, 0.1) is 0 Å². The van der Waals surface area contributed by atoms with Gasteiger partial charge < -0.3 is 0 Å². The Kier molecular flexibility index (Phi) is 4.46. The summed E-state index contributed by atoms with van der Waals surface area (Å²) in [6.45, 7) is 0. The minimum atomic E-state index is 0.887. The SMILES string of the molecule is Brc1ccc(-c2nc3cc4ccccc4cc3nc2-c2ccc(Br)cc2)cc1. The number of rotatable bonds is 2. The zero-order valence-electron chi connectivity index (χ0n) is 14.7. The Morgan fingerprint density at radius 1 is 0.500 bits per heavy atom. The summed E-state index contributed by atoms with van der Waals surface area (Å²) in [6, 6.07) is 29.0. The number of aromatic nitrogens is 2. The van der Waals surface area contributed by atoms with Gasteiger partial charge >= 0.3 is 0 Å². The minimum absolute atomic E-state index is 0.887. The van der Waals surface area contributed by atoms with Gasteiger partial charge in [0, 0.05) is 20.1 Å². The fraction of sp³-hybridized carbons (Fsp3) is 0. The molecule has 0 aliphatic heterocycles. The van der Waals surface area contributed by atoms with Crippen LogP contribution >= 0.6 is 31.9 Å². The van der Waals surface area contributed by atoms with Crippen molar-refractivity contribution in [2.45, 2.75) is 0 Å². The predicted octanol–water partition coefficient (Wildman–Crippen LogP) is 7.64. The smallest absolute Gasteiger partial charge is 0.0973 e. The van der Waals surface area contributed by atoms with Crippen LogP contribution in [0.1, 0.15) is 0 Å². The Labute approximate surface area is 179 Å². The molecule has 0 radical (unpaired) electrons. The highest BCUT2D eigenvalue weighted by Gasteiger charge is 2.14. The summed E-state index contributed by atoms with van der Waals surface area (Å²) in [5.41, 5.74) is 5.66. The topological polar surface area (TPSA) is 25.8 Å². The van der Waals surface area contributed by atoms with E-state index in [1.54, 1.807) is 0 Å². The highest BCUT2D eigenvalue weighted by molar-refractivity contribution is 9.10. The predicted molar refractivity (Wildman–Crippen MR) is 123 cm³/mol. The first-order valence-corrected chi connectivity index (χ1v) is 10.5. The minimum Gasteiger partial charge on any atom is -0.244 e. The van der Waals surface area contributed by atoms with Crippen LogP contribution in [0.15, 0.2) is 93.9 Å². The molecule has 4 aromatic carbocycles. The number of nitrogens with zero attached hydrogens (tertiary/aromatic N) is 2. The largest absolute Gasteiger partial charge is 0.244 e. The van der Waals surface area contributed by atoms with E-state index in [4.69, 9.17) is 9.97 Å². The lowest BCUT2D eigenvalue weighted by molar-refractivity contribution is 1.29. The second kappa shape index (κ2) is 7.12. The zero-order valence-corrected chi connectivity index (χ0v) is 17.9. The lowest BCUT2D eigenvalue weighted by atomic mass is 10.0. The Hall–Kier alpha value is -2.56. The van der Waals surface area contributed by atoms with Crippen molar-refractivity contribution < 1.29 is 0 Å². The molecule has 0 fully saturated rings. The maximum Gasteiger partial charge on any atom is 0.0973 e. The third-order valence-electron chi connectivity index (χ3n) is 4.77. The summed E-state index contributed by atoms with van der Waals surface area (Å²) >= 11 is 7.03. The van der Waals surface area contributed by atoms with E-state index in [1.165, 1.54) is 10.8 Å². The van der Waals surface area contributed by atoms with E-state index >= 15 is 0 Å². The molecule has 4 heteroatoms. The highest BCUT2D eigenvalue weighted by Crippen LogP contribution is 2.33. The van der Waals surface area contributed by atoms with E-state index in [0.717, 1.165) is 42.5 Å². The van der Waals surface area contributed by atoms with E-state index in [1.807, 2.05) is 36.4 Å². The Morgan fingerprint density at radius 3 is 1.29 bits per heavy atom. The number of hydrogen-bond acceptors (Lipinski definition) is 2. The van der Waals surface area contributed by atoms with Crippen LogP contribution in [0.5, 0.6) is 0 Å². The average molecular weight is 490 g/mol. The Morgan fingerprint density at radius 2 is 0.893 bits per heavy atom. The molecule has 28 heavy (non-hydrogen) atoms. The summed E-state index contributed by atoms with van der Waals surface area (Å²) in [5, 5.41) is 2.34. The Bertz CT molecular complexity index is 1210. The van der Waals surface area contributed by atoms with E-state index in [-0.39, 0.29) is 0 Å². The standard InChI is InChI=1S/C24H14Br2N2/c25-19-9-5-15(6-10-19)23-24(16-7-11-20(26)12-8-16)28-22-14-18-4-2-1-3-17(18)13-21(22)27-23/h1-14H. The molecule has 0 bridgehead atoms. The molecule has 0 N–H and O–H groups in total. The van der Waals surface area contributed by atoms with Crippen LogP contribution in [0.3, 0.4) is 0 Å². The molecule has 0 aliphatic rings. The van der Waals surface area contributed by atoms with Crippen molar-refractivity contribution in [1.29, 1.82) is 0 Å². The van der Waals surface area contributed by atoms with Gasteiger partial charge in [-0.25, -0.2) is 9.97 Å². The summed E-state index contributed by atoms with van der Waals surface area (Å²) < 4.78 is 2.09. The van der Waals surface area contributed by atoms with Crippen LogP contribution in [0.2, 0.25) is 0 Å². The van der Waals surface area contributed by atoms with Gasteiger partial charge in [0.05, 0.1) is 22.4 Å². The first kappa shape index (κ1) is 17.5. The number of fused-ring (bicyclic) bond motifs is 2. The molecular weight excluding hydrogens is 476 g/mol. The molecule has 5 aromatic rings. The van der Waals surface area contributed by atoms with E-state index in [9.17, 15) is 0 Å². The van der Waals surface area contributed by atoms with Gasteiger partial charge in [-0.2, -0.15) is 0 Å². The molecule has 5 rings (SSSR count). The summed E-state index contributed by atoms with van der Waals surface area (Å²) in [4.78, 5) is 10.1. The lowest BCUT2D eigenvalue weighted by Crippen LogP contribution is -1.95. The maximum absolute atomic E-state index is 5.03. The first-order chi connectivity index (χ1) is 13.7. The van der Waals surface area contributed by atoms with E-state index in [0.29, 0.717) is 0 Å². The van der Waals surface area contributed by atoms with Crippen molar-refractivity contribution in [2.24, 2.45) is 0 Å². The van der Waals surface area contributed by atoms with Crippen molar-refractivity contribution in [3.63, 3.8) is 0 Å². The van der Waals surface area contributed by atoms with Gasteiger partial charge in [0.1, 0.15) is 0 Å². The van der Waals surface area contributed by atoms with Crippen molar-refractivity contribution in [3.8, 4) is 22.5 Å². The average Bonchev–Trinajstić information content (AvgIpc) is 2.72. The first-order valence-electron chi connectivity index (χ1n) is 8.90.